The quantitative estimate of drug-likeness (QED) is 0.833. The highest BCUT2D eigenvalue weighted by atomic mass is 35.5. The summed E-state index contributed by atoms with van der Waals surface area (Å²) >= 11 is 0. The second kappa shape index (κ2) is 5.54. The van der Waals surface area contributed by atoms with Crippen LogP contribution in [-0.2, 0) is 19.9 Å². The first-order valence-electron chi connectivity index (χ1n) is 6.37. The normalized spacial score (nSPS) is 12.7. The van der Waals surface area contributed by atoms with E-state index in [9.17, 15) is 4.79 Å². The maximum atomic E-state index is 12.2. The van der Waals surface area contributed by atoms with E-state index in [0.717, 1.165) is 30.8 Å². The number of nitrogens with one attached hydrogen (secondary N) is 1. The number of aromatic nitrogens is 2. The minimum Gasteiger partial charge on any atom is -0.399 e. The molecule has 3 N–H and O–H groups in total. The molecule has 1 amide bonds. The summed E-state index contributed by atoms with van der Waals surface area (Å²) in [6, 6.07) is 6.96. The Bertz CT molecular complexity index is 651. The lowest BCUT2D eigenvalue weighted by Gasteiger charge is -2.08. The number of rotatable bonds is 2. The van der Waals surface area contributed by atoms with Crippen LogP contribution in [0.15, 0.2) is 24.3 Å². The Kier molecular flexibility index (Phi) is 3.99. The van der Waals surface area contributed by atoms with Gasteiger partial charge in [0.25, 0.3) is 5.91 Å². The SMILES string of the molecule is Cl.Cn1nc2c(c1NC(=O)c1cccc(N)c1)CCC2. The Balaban J connectivity index is 0.00000147. The summed E-state index contributed by atoms with van der Waals surface area (Å²) in [5.74, 6) is 0.657. The molecule has 0 radical (unpaired) electrons. The van der Waals surface area contributed by atoms with Crippen molar-refractivity contribution in [2.75, 3.05) is 11.1 Å². The summed E-state index contributed by atoms with van der Waals surface area (Å²) in [6.07, 6.45) is 3.09. The number of fused-ring (bicyclic) bond motifs is 1. The molecule has 0 saturated heterocycles. The number of amides is 1. The summed E-state index contributed by atoms with van der Waals surface area (Å²) in [5, 5.41) is 7.37. The Morgan fingerprint density at radius 2 is 2.20 bits per heavy atom. The van der Waals surface area contributed by atoms with Gasteiger partial charge in [-0.2, -0.15) is 5.10 Å². The molecular weight excluding hydrogens is 276 g/mol. The van der Waals surface area contributed by atoms with Gasteiger partial charge in [0, 0.05) is 23.9 Å². The van der Waals surface area contributed by atoms with E-state index in [1.165, 1.54) is 5.56 Å². The first-order valence-corrected chi connectivity index (χ1v) is 6.37. The van der Waals surface area contributed by atoms with Crippen LogP contribution in [0, 0.1) is 0 Å². The van der Waals surface area contributed by atoms with E-state index >= 15 is 0 Å². The van der Waals surface area contributed by atoms with Gasteiger partial charge in [-0.1, -0.05) is 6.07 Å². The van der Waals surface area contributed by atoms with E-state index < -0.39 is 0 Å². The number of hydrogen-bond donors (Lipinski definition) is 2. The van der Waals surface area contributed by atoms with Crippen molar-refractivity contribution in [1.29, 1.82) is 0 Å². The molecule has 1 aliphatic rings. The molecule has 3 rings (SSSR count). The van der Waals surface area contributed by atoms with Gasteiger partial charge in [-0.25, -0.2) is 0 Å². The number of aryl methyl sites for hydroxylation is 2. The lowest BCUT2D eigenvalue weighted by Crippen LogP contribution is -2.15. The van der Waals surface area contributed by atoms with Gasteiger partial charge in [0.15, 0.2) is 0 Å². The van der Waals surface area contributed by atoms with Crippen LogP contribution in [0.2, 0.25) is 0 Å². The molecule has 1 aromatic heterocycles. The van der Waals surface area contributed by atoms with Crippen molar-refractivity contribution in [3.63, 3.8) is 0 Å². The molecule has 0 aliphatic heterocycles. The number of carbonyl (C=O) groups excluding carboxylic acids is 1. The molecular formula is C14H17ClN4O. The van der Waals surface area contributed by atoms with Crippen molar-refractivity contribution in [3.8, 4) is 0 Å². The lowest BCUT2D eigenvalue weighted by atomic mass is 10.2. The van der Waals surface area contributed by atoms with E-state index in [4.69, 9.17) is 5.73 Å². The zero-order valence-electron chi connectivity index (χ0n) is 11.2. The van der Waals surface area contributed by atoms with E-state index in [0.29, 0.717) is 11.3 Å². The fourth-order valence-electron chi connectivity index (χ4n) is 2.54. The van der Waals surface area contributed by atoms with Crippen molar-refractivity contribution < 1.29 is 4.79 Å². The first kappa shape index (κ1) is 14.4. The lowest BCUT2D eigenvalue weighted by molar-refractivity contribution is 0.102. The zero-order valence-corrected chi connectivity index (χ0v) is 12.0. The van der Waals surface area contributed by atoms with E-state index in [2.05, 4.69) is 10.4 Å². The number of nitrogens with two attached hydrogens (primary N) is 1. The van der Waals surface area contributed by atoms with Gasteiger partial charge in [-0.15, -0.1) is 12.4 Å². The fraction of sp³-hybridized carbons (Fsp3) is 0.286. The first-order chi connectivity index (χ1) is 9.15. The molecule has 1 aliphatic carbocycles. The van der Waals surface area contributed by atoms with Crippen molar-refractivity contribution in [2.24, 2.45) is 7.05 Å². The van der Waals surface area contributed by atoms with Gasteiger partial charge in [0.1, 0.15) is 5.82 Å². The molecule has 1 aromatic carbocycles. The number of benzene rings is 1. The second-order valence-corrected chi connectivity index (χ2v) is 4.83. The highest BCUT2D eigenvalue weighted by Crippen LogP contribution is 2.28. The molecule has 2 aromatic rings. The number of anilines is 2. The zero-order chi connectivity index (χ0) is 13.4. The highest BCUT2D eigenvalue weighted by molar-refractivity contribution is 6.04. The molecule has 0 unspecified atom stereocenters. The highest BCUT2D eigenvalue weighted by Gasteiger charge is 2.22. The predicted molar refractivity (Wildman–Crippen MR) is 81.3 cm³/mol. The van der Waals surface area contributed by atoms with Gasteiger partial charge >= 0.3 is 0 Å². The van der Waals surface area contributed by atoms with Gasteiger partial charge < -0.3 is 11.1 Å². The van der Waals surface area contributed by atoms with E-state index in [1.807, 2.05) is 7.05 Å². The molecule has 106 valence electrons. The third-order valence-corrected chi connectivity index (χ3v) is 3.45. The molecule has 6 heteroatoms. The minimum absolute atomic E-state index is 0. The molecule has 1 heterocycles. The Hall–Kier alpha value is -2.01. The molecule has 0 atom stereocenters. The monoisotopic (exact) mass is 292 g/mol. The van der Waals surface area contributed by atoms with Crippen LogP contribution >= 0.6 is 12.4 Å². The molecule has 0 fully saturated rings. The number of nitrogen functional groups attached to an aromatic ring is 1. The standard InChI is InChI=1S/C14H16N4O.ClH/c1-18-13(11-6-3-7-12(11)17-18)16-14(19)9-4-2-5-10(15)8-9;/h2,4-5,8H,3,6-7,15H2,1H3,(H,16,19);1H. The minimum atomic E-state index is -0.148. The number of nitrogens with zero attached hydrogens (tertiary/aromatic N) is 2. The van der Waals surface area contributed by atoms with Crippen molar-refractivity contribution >= 4 is 29.8 Å². The predicted octanol–water partition coefficient (Wildman–Crippen LogP) is 2.17. The summed E-state index contributed by atoms with van der Waals surface area (Å²) in [6.45, 7) is 0. The Morgan fingerprint density at radius 3 is 2.95 bits per heavy atom. The van der Waals surface area contributed by atoms with Gasteiger partial charge in [-0.3, -0.25) is 9.48 Å². The summed E-state index contributed by atoms with van der Waals surface area (Å²) < 4.78 is 1.74. The van der Waals surface area contributed by atoms with Gasteiger partial charge in [-0.05, 0) is 37.5 Å². The van der Waals surface area contributed by atoms with Crippen LogP contribution < -0.4 is 11.1 Å². The molecule has 0 bridgehead atoms. The van der Waals surface area contributed by atoms with Crippen molar-refractivity contribution in [2.45, 2.75) is 19.3 Å². The molecule has 0 saturated carbocycles. The van der Waals surface area contributed by atoms with Crippen molar-refractivity contribution in [1.82, 2.24) is 9.78 Å². The number of carbonyl (C=O) groups is 1. The Morgan fingerprint density at radius 1 is 1.40 bits per heavy atom. The van der Waals surface area contributed by atoms with Crippen LogP contribution in [-0.4, -0.2) is 15.7 Å². The van der Waals surface area contributed by atoms with E-state index in [1.54, 1.807) is 28.9 Å². The summed E-state index contributed by atoms with van der Waals surface area (Å²) in [7, 11) is 1.85. The molecule has 20 heavy (non-hydrogen) atoms. The van der Waals surface area contributed by atoms with Crippen LogP contribution in [0.1, 0.15) is 28.0 Å². The van der Waals surface area contributed by atoms with Crippen LogP contribution in [0.3, 0.4) is 0 Å². The van der Waals surface area contributed by atoms with Crippen LogP contribution in [0.25, 0.3) is 0 Å². The van der Waals surface area contributed by atoms with E-state index in [-0.39, 0.29) is 18.3 Å². The van der Waals surface area contributed by atoms with Crippen molar-refractivity contribution in [3.05, 3.63) is 41.1 Å². The fourth-order valence-corrected chi connectivity index (χ4v) is 2.54. The second-order valence-electron chi connectivity index (χ2n) is 4.83. The maximum Gasteiger partial charge on any atom is 0.256 e. The van der Waals surface area contributed by atoms with Gasteiger partial charge in [0.05, 0.1) is 5.69 Å². The number of hydrogen-bond acceptors (Lipinski definition) is 3. The largest absolute Gasteiger partial charge is 0.399 e. The average molecular weight is 293 g/mol. The maximum absolute atomic E-state index is 12.2. The van der Waals surface area contributed by atoms with Crippen LogP contribution in [0.4, 0.5) is 11.5 Å². The third-order valence-electron chi connectivity index (χ3n) is 3.45. The Labute approximate surface area is 123 Å². The summed E-state index contributed by atoms with van der Waals surface area (Å²) in [4.78, 5) is 12.2. The smallest absolute Gasteiger partial charge is 0.256 e. The summed E-state index contributed by atoms with van der Waals surface area (Å²) in [5.41, 5.74) is 9.11. The van der Waals surface area contributed by atoms with Crippen LogP contribution in [0.5, 0.6) is 0 Å². The average Bonchev–Trinajstić information content (AvgIpc) is 2.93. The van der Waals surface area contributed by atoms with Gasteiger partial charge in [0.2, 0.25) is 0 Å². The topological polar surface area (TPSA) is 72.9 Å². The third kappa shape index (κ3) is 2.49. The number of halogens is 1. The molecule has 5 nitrogen and oxygen atoms in total. The molecule has 0 spiro atoms.